The summed E-state index contributed by atoms with van der Waals surface area (Å²) < 4.78 is 0. The van der Waals surface area contributed by atoms with Crippen molar-refractivity contribution in [3.63, 3.8) is 0 Å². The van der Waals surface area contributed by atoms with E-state index in [9.17, 15) is 19.2 Å². The summed E-state index contributed by atoms with van der Waals surface area (Å²) in [6.45, 7) is 1.48. The van der Waals surface area contributed by atoms with Gasteiger partial charge in [-0.15, -0.1) is 11.3 Å². The molecule has 8 nitrogen and oxygen atoms in total. The predicted octanol–water partition coefficient (Wildman–Crippen LogP) is 2.64. The third-order valence-electron chi connectivity index (χ3n) is 4.08. The summed E-state index contributed by atoms with van der Waals surface area (Å²) in [4.78, 5) is 54.4. The zero-order chi connectivity index (χ0) is 20.8. The van der Waals surface area contributed by atoms with Gasteiger partial charge in [-0.1, -0.05) is 6.08 Å². The van der Waals surface area contributed by atoms with Gasteiger partial charge in [0.1, 0.15) is 0 Å². The molecular weight excluding hydrogens is 392 g/mol. The Kier molecular flexibility index (Phi) is 6.40. The van der Waals surface area contributed by atoms with E-state index >= 15 is 0 Å². The molecule has 3 amide bonds. The molecule has 1 aromatic carbocycles. The van der Waals surface area contributed by atoms with E-state index in [1.807, 2.05) is 0 Å². The lowest BCUT2D eigenvalue weighted by molar-refractivity contribution is -0.117. The molecule has 1 aliphatic rings. The molecule has 0 radical (unpaired) electrons. The Bertz CT molecular complexity index is 992. The van der Waals surface area contributed by atoms with E-state index in [1.165, 1.54) is 36.6 Å². The number of amides is 3. The van der Waals surface area contributed by atoms with Gasteiger partial charge in [-0.3, -0.25) is 19.2 Å². The lowest BCUT2D eigenvalue weighted by Crippen LogP contribution is -2.24. The van der Waals surface area contributed by atoms with Crippen LogP contribution in [0.2, 0.25) is 0 Å². The fraction of sp³-hybridized carbons (Fsp3) is 0.200. The summed E-state index contributed by atoms with van der Waals surface area (Å²) >= 11 is 1.26. The normalized spacial score (nSPS) is 15.2. The Labute approximate surface area is 170 Å². The molecule has 3 rings (SSSR count). The molecule has 0 spiro atoms. The number of carbonyl (C=O) groups is 4. The Balaban J connectivity index is 1.47. The van der Waals surface area contributed by atoms with E-state index < -0.39 is 11.8 Å². The number of nitrogens with one attached hydrogen (secondary N) is 2. The minimum Gasteiger partial charge on any atom is -0.326 e. The molecule has 2 N–H and O–H groups in total. The average Bonchev–Trinajstić information content (AvgIpc) is 3.14. The number of carbonyl (C=O) groups excluding carboxylic acids is 4. The zero-order valence-corrected chi connectivity index (χ0v) is 16.4. The second-order valence-electron chi connectivity index (χ2n) is 6.32. The minimum absolute atomic E-state index is 0.0328. The van der Waals surface area contributed by atoms with Gasteiger partial charge in [0.25, 0.3) is 5.91 Å². The van der Waals surface area contributed by atoms with Gasteiger partial charge < -0.3 is 10.6 Å². The first-order valence-corrected chi connectivity index (χ1v) is 9.71. The summed E-state index contributed by atoms with van der Waals surface area (Å²) in [5.74, 6) is -1.54. The number of hydrogen-bond acceptors (Lipinski definition) is 6. The molecule has 0 aliphatic carbocycles. The van der Waals surface area contributed by atoms with E-state index in [4.69, 9.17) is 0 Å². The third kappa shape index (κ3) is 5.76. The number of thiazole rings is 1. The first-order chi connectivity index (χ1) is 13.9. The largest absolute Gasteiger partial charge is 0.326 e. The molecule has 29 heavy (non-hydrogen) atoms. The van der Waals surface area contributed by atoms with E-state index in [0.29, 0.717) is 28.5 Å². The predicted molar refractivity (Wildman–Crippen MR) is 110 cm³/mol. The molecular formula is C20H18N4O4S. The van der Waals surface area contributed by atoms with Crippen LogP contribution in [0.3, 0.4) is 0 Å². The Morgan fingerprint density at radius 1 is 1.14 bits per heavy atom. The fourth-order valence-electron chi connectivity index (χ4n) is 2.51. The van der Waals surface area contributed by atoms with Crippen LogP contribution in [-0.2, 0) is 20.8 Å². The van der Waals surface area contributed by atoms with Crippen LogP contribution in [-0.4, -0.2) is 34.7 Å². The van der Waals surface area contributed by atoms with Crippen molar-refractivity contribution in [1.82, 2.24) is 4.98 Å². The van der Waals surface area contributed by atoms with Crippen LogP contribution in [0.1, 0.15) is 29.4 Å². The molecule has 1 unspecified atom stereocenters. The summed E-state index contributed by atoms with van der Waals surface area (Å²) in [6, 6.07) is 6.69. The van der Waals surface area contributed by atoms with Gasteiger partial charge in [0, 0.05) is 35.3 Å². The van der Waals surface area contributed by atoms with Gasteiger partial charge in [-0.05, 0) is 37.6 Å². The van der Waals surface area contributed by atoms with E-state index in [1.54, 1.807) is 29.6 Å². The molecule has 2 heterocycles. The molecule has 2 aromatic rings. The topological polar surface area (TPSA) is 118 Å². The van der Waals surface area contributed by atoms with Gasteiger partial charge in [0.05, 0.1) is 11.6 Å². The first kappa shape index (κ1) is 20.3. The number of anilines is 2. The number of aliphatic imine (C=N–C) groups is 1. The van der Waals surface area contributed by atoms with Gasteiger partial charge in [-0.2, -0.15) is 0 Å². The molecule has 0 saturated heterocycles. The van der Waals surface area contributed by atoms with Crippen molar-refractivity contribution in [3.8, 4) is 0 Å². The lowest BCUT2D eigenvalue weighted by Gasteiger charge is -2.08. The highest BCUT2D eigenvalue weighted by Crippen LogP contribution is 2.18. The number of Topliss-reactive ketones (excluding diaryl/α,β-unsaturated/α-hetero) is 1. The maximum Gasteiger partial charge on any atom is 0.269 e. The number of aromatic nitrogens is 1. The molecule has 0 bridgehead atoms. The van der Waals surface area contributed by atoms with E-state index in [2.05, 4.69) is 20.6 Å². The lowest BCUT2D eigenvalue weighted by atomic mass is 10.1. The molecule has 1 aliphatic heterocycles. The number of benzene rings is 1. The van der Waals surface area contributed by atoms with Crippen molar-refractivity contribution in [2.24, 2.45) is 10.9 Å². The van der Waals surface area contributed by atoms with Crippen LogP contribution >= 0.6 is 11.3 Å². The summed E-state index contributed by atoms with van der Waals surface area (Å²) in [5.41, 5.74) is 1.89. The van der Waals surface area contributed by atoms with E-state index in [0.717, 1.165) is 0 Å². The van der Waals surface area contributed by atoms with Crippen molar-refractivity contribution >= 4 is 51.9 Å². The standard InChI is InChI=1S/C20H18N4O4S/c1-12(25)13-2-5-15(6-3-13)22-18(27)9-7-16-11-29-20(23-16)24-19(28)14-4-8-17(26)21-10-14/h2-6,8,10-11,14H,7,9H2,1H3,(H,22,27)(H,23,24,28). The van der Waals surface area contributed by atoms with Crippen molar-refractivity contribution in [3.05, 3.63) is 53.1 Å². The summed E-state index contributed by atoms with van der Waals surface area (Å²) in [5, 5.41) is 7.64. The zero-order valence-electron chi connectivity index (χ0n) is 15.5. The van der Waals surface area contributed by atoms with Crippen LogP contribution in [0.25, 0.3) is 0 Å². The maximum atomic E-state index is 12.1. The highest BCUT2D eigenvalue weighted by molar-refractivity contribution is 7.13. The Morgan fingerprint density at radius 2 is 1.90 bits per heavy atom. The van der Waals surface area contributed by atoms with Crippen molar-refractivity contribution < 1.29 is 19.2 Å². The smallest absolute Gasteiger partial charge is 0.269 e. The molecule has 0 fully saturated rings. The quantitative estimate of drug-likeness (QED) is 0.681. The molecule has 1 aromatic heterocycles. The highest BCUT2D eigenvalue weighted by atomic mass is 32.1. The molecule has 9 heteroatoms. The Morgan fingerprint density at radius 3 is 2.55 bits per heavy atom. The van der Waals surface area contributed by atoms with Crippen molar-refractivity contribution in [2.75, 3.05) is 10.6 Å². The van der Waals surface area contributed by atoms with Gasteiger partial charge in [0.15, 0.2) is 10.9 Å². The number of ketones is 1. The monoisotopic (exact) mass is 410 g/mol. The highest BCUT2D eigenvalue weighted by Gasteiger charge is 2.18. The van der Waals surface area contributed by atoms with E-state index in [-0.39, 0.29) is 24.0 Å². The van der Waals surface area contributed by atoms with Crippen molar-refractivity contribution in [1.29, 1.82) is 0 Å². The number of aryl methyl sites for hydroxylation is 1. The fourth-order valence-corrected chi connectivity index (χ4v) is 3.26. The SMILES string of the molecule is CC(=O)c1ccc(NC(=O)CCc2csc(NC(=O)C3C=CC(=O)N=C3)n2)cc1. The average molecular weight is 410 g/mol. The maximum absolute atomic E-state index is 12.1. The number of rotatable bonds is 7. The van der Waals surface area contributed by atoms with Crippen molar-refractivity contribution in [2.45, 2.75) is 19.8 Å². The molecule has 1 atom stereocenters. The number of hydrogen-bond donors (Lipinski definition) is 2. The first-order valence-electron chi connectivity index (χ1n) is 8.83. The number of nitrogens with zero attached hydrogens (tertiary/aromatic N) is 2. The summed E-state index contributed by atoms with van der Waals surface area (Å²) in [7, 11) is 0. The van der Waals surface area contributed by atoms with Gasteiger partial charge in [0.2, 0.25) is 11.8 Å². The van der Waals surface area contributed by atoms with Crippen LogP contribution in [0, 0.1) is 5.92 Å². The molecule has 0 saturated carbocycles. The number of dihydropyridines is 1. The summed E-state index contributed by atoms with van der Waals surface area (Å²) in [6.07, 6.45) is 4.67. The van der Waals surface area contributed by atoms with Gasteiger partial charge in [-0.25, -0.2) is 9.98 Å². The Hall–Kier alpha value is -3.46. The third-order valence-corrected chi connectivity index (χ3v) is 4.88. The second kappa shape index (κ2) is 9.16. The second-order valence-corrected chi connectivity index (χ2v) is 7.17. The van der Waals surface area contributed by atoms with Gasteiger partial charge >= 0.3 is 0 Å². The molecule has 148 valence electrons. The van der Waals surface area contributed by atoms with Crippen LogP contribution in [0.5, 0.6) is 0 Å². The van der Waals surface area contributed by atoms with Crippen LogP contribution in [0.15, 0.2) is 46.8 Å². The van der Waals surface area contributed by atoms with Crippen LogP contribution in [0.4, 0.5) is 10.8 Å². The van der Waals surface area contributed by atoms with Crippen LogP contribution < -0.4 is 10.6 Å². The minimum atomic E-state index is -0.611.